The Morgan fingerprint density at radius 2 is 1.96 bits per heavy atom. The van der Waals surface area contributed by atoms with E-state index in [0.29, 0.717) is 24.9 Å². The van der Waals surface area contributed by atoms with Gasteiger partial charge >= 0.3 is 12.1 Å². The predicted molar refractivity (Wildman–Crippen MR) is 82.1 cm³/mol. The minimum atomic E-state index is -1.07. The number of methoxy groups -OCH3 is 1. The number of benzene rings is 1. The average Bonchev–Trinajstić information content (AvgIpc) is 3.04. The quantitative estimate of drug-likeness (QED) is 0.825. The van der Waals surface area contributed by atoms with Crippen molar-refractivity contribution in [3.05, 3.63) is 35.4 Å². The Labute approximate surface area is 134 Å². The number of amides is 2. The first kappa shape index (κ1) is 16.8. The number of esters is 1. The van der Waals surface area contributed by atoms with Crippen molar-refractivity contribution in [1.29, 1.82) is 0 Å². The smallest absolute Gasteiger partial charge is 0.407 e. The first-order valence-corrected chi connectivity index (χ1v) is 7.42. The summed E-state index contributed by atoms with van der Waals surface area (Å²) in [5, 5.41) is 11.9. The van der Waals surface area contributed by atoms with Crippen LogP contribution in [-0.2, 0) is 9.53 Å². The number of hydrogen-bond donors (Lipinski definition) is 2. The molecule has 23 heavy (non-hydrogen) atoms. The number of hydrogen-bond acceptors (Lipinski definition) is 4. The zero-order valence-electron chi connectivity index (χ0n) is 13.1. The highest BCUT2D eigenvalue weighted by Crippen LogP contribution is 2.20. The van der Waals surface area contributed by atoms with E-state index in [1.807, 2.05) is 6.92 Å². The molecule has 124 valence electrons. The van der Waals surface area contributed by atoms with Crippen molar-refractivity contribution in [3.8, 4) is 0 Å². The van der Waals surface area contributed by atoms with E-state index < -0.39 is 18.1 Å². The summed E-state index contributed by atoms with van der Waals surface area (Å²) in [6.07, 6.45) is 0.149. The van der Waals surface area contributed by atoms with Crippen molar-refractivity contribution in [2.75, 3.05) is 13.7 Å². The van der Waals surface area contributed by atoms with Gasteiger partial charge in [0.25, 0.3) is 0 Å². The van der Waals surface area contributed by atoms with Gasteiger partial charge in [0.2, 0.25) is 5.91 Å². The number of carbonyl (C=O) groups is 3. The molecule has 2 N–H and O–H groups in total. The first-order valence-electron chi connectivity index (χ1n) is 7.42. The van der Waals surface area contributed by atoms with Crippen LogP contribution in [0.3, 0.4) is 0 Å². The van der Waals surface area contributed by atoms with Crippen molar-refractivity contribution in [3.63, 3.8) is 0 Å². The fourth-order valence-corrected chi connectivity index (χ4v) is 2.69. The Morgan fingerprint density at radius 3 is 2.52 bits per heavy atom. The molecule has 7 nitrogen and oxygen atoms in total. The maximum absolute atomic E-state index is 12.3. The molecule has 1 unspecified atom stereocenters. The van der Waals surface area contributed by atoms with Crippen molar-refractivity contribution in [1.82, 2.24) is 10.2 Å². The standard InChI is InChI=1S/C16H20N2O5/c1-10(11-5-7-12(8-6-11)15(20)23-2)17-14(19)13-4-3-9-18(13)16(21)22/h5-8,10,13H,3-4,9H2,1-2H3,(H,17,19)(H,21,22)/t10-,13?/m0/s1. The summed E-state index contributed by atoms with van der Waals surface area (Å²) in [5.41, 5.74) is 1.26. The van der Waals surface area contributed by atoms with Crippen LogP contribution in [0.5, 0.6) is 0 Å². The average molecular weight is 320 g/mol. The van der Waals surface area contributed by atoms with Crippen molar-refractivity contribution >= 4 is 18.0 Å². The Morgan fingerprint density at radius 1 is 1.30 bits per heavy atom. The number of nitrogens with one attached hydrogen (secondary N) is 1. The van der Waals surface area contributed by atoms with Crippen LogP contribution < -0.4 is 5.32 Å². The molecule has 7 heteroatoms. The van der Waals surface area contributed by atoms with Crippen LogP contribution in [0.25, 0.3) is 0 Å². The third kappa shape index (κ3) is 3.80. The number of nitrogens with zero attached hydrogens (tertiary/aromatic N) is 1. The van der Waals surface area contributed by atoms with Gasteiger partial charge in [0, 0.05) is 6.54 Å². The third-order valence-electron chi connectivity index (χ3n) is 3.99. The molecule has 0 aliphatic carbocycles. The van der Waals surface area contributed by atoms with Crippen LogP contribution in [0.4, 0.5) is 4.79 Å². The van der Waals surface area contributed by atoms with Crippen LogP contribution in [0.15, 0.2) is 24.3 Å². The maximum atomic E-state index is 12.3. The summed E-state index contributed by atoms with van der Waals surface area (Å²) in [5.74, 6) is -0.717. The molecule has 1 aliphatic rings. The van der Waals surface area contributed by atoms with Gasteiger partial charge in [-0.2, -0.15) is 0 Å². The van der Waals surface area contributed by atoms with Gasteiger partial charge in [0.05, 0.1) is 18.7 Å². The lowest BCUT2D eigenvalue weighted by atomic mass is 10.1. The molecule has 0 spiro atoms. The summed E-state index contributed by atoms with van der Waals surface area (Å²) in [4.78, 5) is 35.9. The van der Waals surface area contributed by atoms with Crippen LogP contribution >= 0.6 is 0 Å². The molecule has 1 heterocycles. The second-order valence-corrected chi connectivity index (χ2v) is 5.48. The van der Waals surface area contributed by atoms with Crippen LogP contribution in [-0.4, -0.2) is 47.7 Å². The molecule has 1 aliphatic heterocycles. The molecule has 0 aromatic heterocycles. The normalized spacial score (nSPS) is 18.3. The molecule has 0 saturated carbocycles. The van der Waals surface area contributed by atoms with E-state index in [2.05, 4.69) is 10.1 Å². The molecular formula is C16H20N2O5. The fourth-order valence-electron chi connectivity index (χ4n) is 2.69. The summed E-state index contributed by atoms with van der Waals surface area (Å²) in [6, 6.07) is 5.81. The second-order valence-electron chi connectivity index (χ2n) is 5.48. The van der Waals surface area contributed by atoms with Crippen LogP contribution in [0, 0.1) is 0 Å². The Bertz CT molecular complexity index is 599. The van der Waals surface area contributed by atoms with Gasteiger partial charge in [-0.15, -0.1) is 0 Å². The topological polar surface area (TPSA) is 95.9 Å². The van der Waals surface area contributed by atoms with Crippen molar-refractivity contribution in [2.24, 2.45) is 0 Å². The number of ether oxygens (including phenoxy) is 1. The highest BCUT2D eigenvalue weighted by atomic mass is 16.5. The molecule has 2 amide bonds. The zero-order chi connectivity index (χ0) is 17.0. The Hall–Kier alpha value is -2.57. The minimum absolute atomic E-state index is 0.287. The Balaban J connectivity index is 2.01. The van der Waals surface area contributed by atoms with Gasteiger partial charge in [-0.1, -0.05) is 12.1 Å². The third-order valence-corrected chi connectivity index (χ3v) is 3.99. The molecule has 0 radical (unpaired) electrons. The van der Waals surface area contributed by atoms with Gasteiger partial charge in [-0.25, -0.2) is 9.59 Å². The predicted octanol–water partition coefficient (Wildman–Crippen LogP) is 1.79. The molecule has 1 saturated heterocycles. The monoisotopic (exact) mass is 320 g/mol. The molecule has 2 atom stereocenters. The van der Waals surface area contributed by atoms with E-state index in [-0.39, 0.29) is 11.9 Å². The van der Waals surface area contributed by atoms with E-state index in [0.717, 1.165) is 5.56 Å². The van der Waals surface area contributed by atoms with Crippen molar-refractivity contribution in [2.45, 2.75) is 31.8 Å². The minimum Gasteiger partial charge on any atom is -0.465 e. The van der Waals surface area contributed by atoms with E-state index in [4.69, 9.17) is 5.11 Å². The number of likely N-dealkylation sites (tertiary alicyclic amines) is 1. The number of carboxylic acid groups (broad SMARTS) is 1. The van der Waals surface area contributed by atoms with Gasteiger partial charge in [0.15, 0.2) is 0 Å². The van der Waals surface area contributed by atoms with Gasteiger partial charge in [0.1, 0.15) is 6.04 Å². The highest BCUT2D eigenvalue weighted by molar-refractivity contribution is 5.89. The largest absolute Gasteiger partial charge is 0.465 e. The van der Waals surface area contributed by atoms with E-state index in [1.165, 1.54) is 12.0 Å². The second kappa shape index (κ2) is 7.13. The molecule has 1 fully saturated rings. The first-order chi connectivity index (χ1) is 10.9. The zero-order valence-corrected chi connectivity index (χ0v) is 13.1. The SMILES string of the molecule is COC(=O)c1ccc([C@H](C)NC(=O)C2CCCN2C(=O)O)cc1. The lowest BCUT2D eigenvalue weighted by molar-refractivity contribution is -0.125. The molecule has 1 aromatic carbocycles. The van der Waals surface area contributed by atoms with E-state index in [9.17, 15) is 14.4 Å². The molecule has 0 bridgehead atoms. The molecular weight excluding hydrogens is 300 g/mol. The lowest BCUT2D eigenvalue weighted by Crippen LogP contribution is -2.46. The number of rotatable bonds is 4. The maximum Gasteiger partial charge on any atom is 0.407 e. The number of carbonyl (C=O) groups excluding carboxylic acids is 2. The summed E-state index contributed by atoms with van der Waals surface area (Å²) >= 11 is 0. The lowest BCUT2D eigenvalue weighted by Gasteiger charge is -2.23. The van der Waals surface area contributed by atoms with E-state index >= 15 is 0 Å². The summed E-state index contributed by atoms with van der Waals surface area (Å²) in [7, 11) is 1.31. The Kier molecular flexibility index (Phi) is 5.20. The molecule has 2 rings (SSSR count). The van der Waals surface area contributed by atoms with Crippen molar-refractivity contribution < 1.29 is 24.2 Å². The van der Waals surface area contributed by atoms with Gasteiger partial charge in [-0.05, 0) is 37.5 Å². The van der Waals surface area contributed by atoms with Crippen LogP contribution in [0.2, 0.25) is 0 Å². The summed E-state index contributed by atoms with van der Waals surface area (Å²) in [6.45, 7) is 2.20. The van der Waals surface area contributed by atoms with Crippen LogP contribution in [0.1, 0.15) is 41.7 Å². The van der Waals surface area contributed by atoms with Gasteiger partial charge in [-0.3, -0.25) is 9.69 Å². The fraction of sp³-hybridized carbons (Fsp3) is 0.438. The van der Waals surface area contributed by atoms with E-state index in [1.54, 1.807) is 24.3 Å². The molecule has 1 aromatic rings. The highest BCUT2D eigenvalue weighted by Gasteiger charge is 2.34. The van der Waals surface area contributed by atoms with Gasteiger partial charge < -0.3 is 15.2 Å². The summed E-state index contributed by atoms with van der Waals surface area (Å²) < 4.78 is 4.63.